The first-order valence-electron chi connectivity index (χ1n) is 9.97. The van der Waals surface area contributed by atoms with Gasteiger partial charge in [-0.15, -0.1) is 0 Å². The Morgan fingerprint density at radius 1 is 0.903 bits per heavy atom. The second-order valence-corrected chi connectivity index (χ2v) is 8.96. The Hall–Kier alpha value is -3.39. The van der Waals surface area contributed by atoms with Gasteiger partial charge in [0.25, 0.3) is 15.9 Å². The summed E-state index contributed by atoms with van der Waals surface area (Å²) in [7, 11) is -3.79. The predicted molar refractivity (Wildman–Crippen MR) is 119 cm³/mol. The lowest BCUT2D eigenvalue weighted by Crippen LogP contribution is -2.22. The molecule has 6 nitrogen and oxygen atoms in total. The third-order valence-corrected chi connectivity index (χ3v) is 6.50. The van der Waals surface area contributed by atoms with Crippen LogP contribution >= 0.6 is 0 Å². The molecule has 1 heterocycles. The van der Waals surface area contributed by atoms with E-state index in [0.717, 1.165) is 25.9 Å². The maximum atomic E-state index is 14.5. The zero-order chi connectivity index (χ0) is 21.8. The standard InChI is InChI=1S/C23H22FN3O3S/c24-20-12-7-13-21(27-14-4-5-15-27)22(20)25-23(28)17-8-6-9-18(16-17)26-31(29,30)19-10-2-1-3-11-19/h1-3,6-13,16,26H,4-5,14-15H2,(H,25,28). The Morgan fingerprint density at radius 2 is 1.61 bits per heavy atom. The number of benzene rings is 3. The van der Waals surface area contributed by atoms with Gasteiger partial charge in [-0.25, -0.2) is 12.8 Å². The fourth-order valence-electron chi connectivity index (χ4n) is 3.58. The number of carbonyl (C=O) groups is 1. The van der Waals surface area contributed by atoms with Crippen molar-refractivity contribution in [2.24, 2.45) is 0 Å². The number of nitrogens with zero attached hydrogens (tertiary/aromatic N) is 1. The van der Waals surface area contributed by atoms with Gasteiger partial charge in [0.1, 0.15) is 11.5 Å². The van der Waals surface area contributed by atoms with Crippen LogP contribution in [0.3, 0.4) is 0 Å². The Balaban J connectivity index is 1.56. The van der Waals surface area contributed by atoms with Crippen molar-refractivity contribution in [3.8, 4) is 0 Å². The molecule has 1 aliphatic heterocycles. The Kier molecular flexibility index (Phi) is 5.90. The number of amides is 1. The topological polar surface area (TPSA) is 78.5 Å². The molecule has 0 aliphatic carbocycles. The van der Waals surface area contributed by atoms with Crippen molar-refractivity contribution in [2.45, 2.75) is 17.7 Å². The quantitative estimate of drug-likeness (QED) is 0.594. The van der Waals surface area contributed by atoms with Gasteiger partial charge in [-0.3, -0.25) is 9.52 Å². The highest BCUT2D eigenvalue weighted by Crippen LogP contribution is 2.31. The maximum absolute atomic E-state index is 14.5. The van der Waals surface area contributed by atoms with Crippen molar-refractivity contribution in [3.05, 3.63) is 84.2 Å². The molecule has 0 aromatic heterocycles. The van der Waals surface area contributed by atoms with Crippen LogP contribution in [0, 0.1) is 5.82 Å². The van der Waals surface area contributed by atoms with Gasteiger partial charge in [-0.1, -0.05) is 30.3 Å². The summed E-state index contributed by atoms with van der Waals surface area (Å²) in [5.74, 6) is -1.04. The van der Waals surface area contributed by atoms with Gasteiger partial charge in [0.15, 0.2) is 0 Å². The highest BCUT2D eigenvalue weighted by atomic mass is 32.2. The summed E-state index contributed by atoms with van der Waals surface area (Å²) < 4.78 is 42.1. The summed E-state index contributed by atoms with van der Waals surface area (Å²) in [6, 6.07) is 18.8. The van der Waals surface area contributed by atoms with Crippen LogP contribution in [0.1, 0.15) is 23.2 Å². The minimum atomic E-state index is -3.79. The van der Waals surface area contributed by atoms with Gasteiger partial charge >= 0.3 is 0 Å². The van der Waals surface area contributed by atoms with Gasteiger partial charge in [-0.05, 0) is 55.3 Å². The molecular weight excluding hydrogens is 417 g/mol. The first-order chi connectivity index (χ1) is 14.9. The molecule has 3 aromatic carbocycles. The summed E-state index contributed by atoms with van der Waals surface area (Å²) in [5, 5.41) is 2.66. The molecule has 1 saturated heterocycles. The predicted octanol–water partition coefficient (Wildman–Crippen LogP) is 4.48. The van der Waals surface area contributed by atoms with E-state index in [2.05, 4.69) is 10.0 Å². The zero-order valence-electron chi connectivity index (χ0n) is 16.7. The van der Waals surface area contributed by atoms with Crippen LogP contribution in [0.25, 0.3) is 0 Å². The number of anilines is 3. The normalized spacial score (nSPS) is 13.8. The Labute approximate surface area is 180 Å². The van der Waals surface area contributed by atoms with E-state index >= 15 is 0 Å². The fraction of sp³-hybridized carbons (Fsp3) is 0.174. The Bertz CT molecular complexity index is 1190. The summed E-state index contributed by atoms with van der Waals surface area (Å²) in [5.41, 5.74) is 1.23. The minimum Gasteiger partial charge on any atom is -0.370 e. The smallest absolute Gasteiger partial charge is 0.261 e. The molecule has 0 bridgehead atoms. The van der Waals surface area contributed by atoms with Gasteiger partial charge in [0.2, 0.25) is 0 Å². The molecule has 3 aromatic rings. The molecule has 0 radical (unpaired) electrons. The molecule has 1 aliphatic rings. The molecular formula is C23H22FN3O3S. The SMILES string of the molecule is O=C(Nc1c(F)cccc1N1CCCC1)c1cccc(NS(=O)(=O)c2ccccc2)c1. The van der Waals surface area contributed by atoms with E-state index in [1.807, 2.05) is 4.90 Å². The number of hydrogen-bond donors (Lipinski definition) is 2. The van der Waals surface area contributed by atoms with E-state index in [4.69, 9.17) is 0 Å². The Morgan fingerprint density at radius 3 is 2.35 bits per heavy atom. The number of para-hydroxylation sites is 1. The van der Waals surface area contributed by atoms with Crippen LogP contribution in [0.5, 0.6) is 0 Å². The van der Waals surface area contributed by atoms with Crippen LogP contribution < -0.4 is 14.9 Å². The molecule has 31 heavy (non-hydrogen) atoms. The first kappa shape index (κ1) is 20.9. The van der Waals surface area contributed by atoms with E-state index in [9.17, 15) is 17.6 Å². The fourth-order valence-corrected chi connectivity index (χ4v) is 4.65. The van der Waals surface area contributed by atoms with Crippen molar-refractivity contribution in [3.63, 3.8) is 0 Å². The average Bonchev–Trinajstić information content (AvgIpc) is 3.30. The third-order valence-electron chi connectivity index (χ3n) is 5.11. The molecule has 2 N–H and O–H groups in total. The maximum Gasteiger partial charge on any atom is 0.261 e. The number of rotatable bonds is 6. The van der Waals surface area contributed by atoms with Gasteiger partial charge in [-0.2, -0.15) is 0 Å². The third kappa shape index (κ3) is 4.69. The largest absolute Gasteiger partial charge is 0.370 e. The summed E-state index contributed by atoms with van der Waals surface area (Å²) in [6.07, 6.45) is 2.04. The first-order valence-corrected chi connectivity index (χ1v) is 11.4. The van der Waals surface area contributed by atoms with Gasteiger partial charge in [0.05, 0.1) is 10.6 Å². The van der Waals surface area contributed by atoms with Crippen molar-refractivity contribution >= 4 is 33.0 Å². The van der Waals surface area contributed by atoms with Crippen LogP contribution in [-0.4, -0.2) is 27.4 Å². The summed E-state index contributed by atoms with van der Waals surface area (Å²) in [4.78, 5) is 15.0. The second kappa shape index (κ2) is 8.77. The van der Waals surface area contributed by atoms with Crippen molar-refractivity contribution in [1.82, 2.24) is 0 Å². The van der Waals surface area contributed by atoms with Gasteiger partial charge < -0.3 is 10.2 Å². The second-order valence-electron chi connectivity index (χ2n) is 7.28. The average molecular weight is 440 g/mol. The zero-order valence-corrected chi connectivity index (χ0v) is 17.5. The molecule has 0 spiro atoms. The molecule has 0 unspecified atom stereocenters. The summed E-state index contributed by atoms with van der Waals surface area (Å²) >= 11 is 0. The monoisotopic (exact) mass is 439 g/mol. The van der Waals surface area contributed by atoms with E-state index in [0.29, 0.717) is 5.69 Å². The van der Waals surface area contributed by atoms with E-state index in [1.54, 1.807) is 48.5 Å². The molecule has 0 atom stereocenters. The highest BCUT2D eigenvalue weighted by Gasteiger charge is 2.20. The molecule has 0 saturated carbocycles. The minimum absolute atomic E-state index is 0.117. The number of carbonyl (C=O) groups excluding carboxylic acids is 1. The molecule has 8 heteroatoms. The molecule has 1 fully saturated rings. The lowest BCUT2D eigenvalue weighted by Gasteiger charge is -2.22. The van der Waals surface area contributed by atoms with Crippen molar-refractivity contribution in [1.29, 1.82) is 0 Å². The number of hydrogen-bond acceptors (Lipinski definition) is 4. The number of nitrogens with one attached hydrogen (secondary N) is 2. The van der Waals surface area contributed by atoms with E-state index < -0.39 is 21.7 Å². The number of halogens is 1. The van der Waals surface area contributed by atoms with E-state index in [1.165, 1.54) is 24.3 Å². The van der Waals surface area contributed by atoms with Gasteiger partial charge in [0, 0.05) is 24.3 Å². The van der Waals surface area contributed by atoms with Crippen LogP contribution in [0.2, 0.25) is 0 Å². The lowest BCUT2D eigenvalue weighted by molar-refractivity contribution is 0.102. The lowest BCUT2D eigenvalue weighted by atomic mass is 10.1. The molecule has 1 amide bonds. The number of sulfonamides is 1. The summed E-state index contributed by atoms with van der Waals surface area (Å²) in [6.45, 7) is 1.62. The highest BCUT2D eigenvalue weighted by molar-refractivity contribution is 7.92. The van der Waals surface area contributed by atoms with Crippen molar-refractivity contribution < 1.29 is 17.6 Å². The van der Waals surface area contributed by atoms with Crippen LogP contribution in [-0.2, 0) is 10.0 Å². The van der Waals surface area contributed by atoms with Crippen LogP contribution in [0.4, 0.5) is 21.5 Å². The van der Waals surface area contributed by atoms with Crippen LogP contribution in [0.15, 0.2) is 77.7 Å². The molecule has 4 rings (SSSR count). The molecule has 160 valence electrons. The van der Waals surface area contributed by atoms with E-state index in [-0.39, 0.29) is 21.8 Å². The van der Waals surface area contributed by atoms with Crippen molar-refractivity contribution in [2.75, 3.05) is 28.0 Å².